The van der Waals surface area contributed by atoms with Gasteiger partial charge in [-0.05, 0) is 29.2 Å². The zero-order chi connectivity index (χ0) is 22.7. The Morgan fingerprint density at radius 2 is 1.69 bits per heavy atom. The molecule has 32 heavy (non-hydrogen) atoms. The third-order valence-electron chi connectivity index (χ3n) is 5.93. The molecule has 3 atom stereocenters. The molecule has 1 fully saturated rings. The van der Waals surface area contributed by atoms with Crippen LogP contribution in [0.4, 0.5) is 4.79 Å². The van der Waals surface area contributed by atoms with E-state index >= 15 is 0 Å². The SMILES string of the molecule is C[C@H](CC(=O)O)NC(=O)C1COCC1NC(=O)OCC1c2ccccc2-c2ccccc21. The van der Waals surface area contributed by atoms with Crippen LogP contribution in [0.2, 0.25) is 0 Å². The van der Waals surface area contributed by atoms with Crippen molar-refractivity contribution in [2.75, 3.05) is 19.8 Å². The molecular formula is C24H26N2O6. The average molecular weight is 438 g/mol. The Morgan fingerprint density at radius 3 is 2.31 bits per heavy atom. The third kappa shape index (κ3) is 4.60. The molecule has 2 aliphatic rings. The van der Waals surface area contributed by atoms with Gasteiger partial charge < -0.3 is 25.2 Å². The first-order chi connectivity index (χ1) is 15.4. The predicted octanol–water partition coefficient (Wildman–Crippen LogP) is 2.52. The van der Waals surface area contributed by atoms with Crippen LogP contribution < -0.4 is 10.6 Å². The van der Waals surface area contributed by atoms with Gasteiger partial charge in [-0.25, -0.2) is 4.79 Å². The second-order valence-corrected chi connectivity index (χ2v) is 8.23. The summed E-state index contributed by atoms with van der Waals surface area (Å²) >= 11 is 0. The van der Waals surface area contributed by atoms with E-state index in [2.05, 4.69) is 22.8 Å². The summed E-state index contributed by atoms with van der Waals surface area (Å²) in [5.74, 6) is -2.00. The summed E-state index contributed by atoms with van der Waals surface area (Å²) in [4.78, 5) is 35.8. The Labute approximate surface area is 185 Å². The number of carbonyl (C=O) groups excluding carboxylic acids is 2. The molecule has 0 aromatic heterocycles. The third-order valence-corrected chi connectivity index (χ3v) is 5.93. The van der Waals surface area contributed by atoms with E-state index in [1.807, 2.05) is 36.4 Å². The van der Waals surface area contributed by atoms with Crippen LogP contribution in [-0.4, -0.2) is 55.0 Å². The quantitative estimate of drug-likeness (QED) is 0.612. The Bertz CT molecular complexity index is 978. The highest BCUT2D eigenvalue weighted by molar-refractivity contribution is 5.82. The van der Waals surface area contributed by atoms with E-state index < -0.39 is 30.1 Å². The number of nitrogens with one attached hydrogen (secondary N) is 2. The van der Waals surface area contributed by atoms with Gasteiger partial charge in [-0.2, -0.15) is 0 Å². The second-order valence-electron chi connectivity index (χ2n) is 8.23. The fourth-order valence-electron chi connectivity index (χ4n) is 4.41. The van der Waals surface area contributed by atoms with Gasteiger partial charge in [0.1, 0.15) is 6.61 Å². The number of amides is 2. The first-order valence-corrected chi connectivity index (χ1v) is 10.7. The fourth-order valence-corrected chi connectivity index (χ4v) is 4.41. The van der Waals surface area contributed by atoms with E-state index in [0.717, 1.165) is 22.3 Å². The monoisotopic (exact) mass is 438 g/mol. The number of hydrogen-bond acceptors (Lipinski definition) is 5. The van der Waals surface area contributed by atoms with Crippen molar-refractivity contribution in [1.29, 1.82) is 0 Å². The lowest BCUT2D eigenvalue weighted by molar-refractivity contribution is -0.137. The number of hydrogen-bond donors (Lipinski definition) is 3. The van der Waals surface area contributed by atoms with Crippen LogP contribution in [0.3, 0.4) is 0 Å². The molecule has 0 saturated carbocycles. The van der Waals surface area contributed by atoms with Crippen molar-refractivity contribution in [2.45, 2.75) is 31.3 Å². The number of ether oxygens (including phenoxy) is 2. The Morgan fingerprint density at radius 1 is 1.06 bits per heavy atom. The van der Waals surface area contributed by atoms with Crippen LogP contribution in [0.15, 0.2) is 48.5 Å². The highest BCUT2D eigenvalue weighted by atomic mass is 16.5. The van der Waals surface area contributed by atoms with Crippen LogP contribution >= 0.6 is 0 Å². The largest absolute Gasteiger partial charge is 0.481 e. The van der Waals surface area contributed by atoms with Gasteiger partial charge in [0, 0.05) is 12.0 Å². The van der Waals surface area contributed by atoms with Crippen LogP contribution in [-0.2, 0) is 19.1 Å². The van der Waals surface area contributed by atoms with Crippen molar-refractivity contribution < 1.29 is 29.0 Å². The lowest BCUT2D eigenvalue weighted by Crippen LogP contribution is -2.48. The number of carboxylic acid groups (broad SMARTS) is 1. The summed E-state index contributed by atoms with van der Waals surface area (Å²) in [6, 6.07) is 15.1. The van der Waals surface area contributed by atoms with Crippen molar-refractivity contribution in [3.8, 4) is 11.1 Å². The van der Waals surface area contributed by atoms with Crippen LogP contribution in [0.25, 0.3) is 11.1 Å². The van der Waals surface area contributed by atoms with E-state index in [4.69, 9.17) is 14.6 Å². The standard InChI is InChI=1S/C24H26N2O6/c1-14(10-22(27)28)25-23(29)20-11-31-13-21(20)26-24(30)32-12-19-17-8-4-2-6-15(17)16-7-3-5-9-18(16)19/h2-9,14,19-21H,10-13H2,1H3,(H,25,29)(H,26,30)(H,27,28)/t14-,20?,21?/m1/s1. The van der Waals surface area contributed by atoms with Gasteiger partial charge in [0.15, 0.2) is 0 Å². The summed E-state index contributed by atoms with van der Waals surface area (Å²) in [5, 5.41) is 14.3. The van der Waals surface area contributed by atoms with Gasteiger partial charge in [-0.3, -0.25) is 9.59 Å². The molecule has 2 aromatic rings. The number of aliphatic carboxylic acids is 1. The van der Waals surface area contributed by atoms with Gasteiger partial charge in [0.05, 0.1) is 31.6 Å². The molecule has 2 aromatic carbocycles. The summed E-state index contributed by atoms with van der Waals surface area (Å²) in [5.41, 5.74) is 4.53. The normalized spacial score (nSPS) is 20.2. The lowest BCUT2D eigenvalue weighted by Gasteiger charge is -2.21. The Balaban J connectivity index is 1.35. The predicted molar refractivity (Wildman–Crippen MR) is 116 cm³/mol. The highest BCUT2D eigenvalue weighted by Crippen LogP contribution is 2.44. The molecule has 0 radical (unpaired) electrons. The van der Waals surface area contributed by atoms with E-state index in [1.54, 1.807) is 6.92 Å². The number of carboxylic acids is 1. The maximum Gasteiger partial charge on any atom is 0.407 e. The molecule has 1 heterocycles. The number of fused-ring (bicyclic) bond motifs is 3. The summed E-state index contributed by atoms with van der Waals surface area (Å²) < 4.78 is 10.9. The summed E-state index contributed by atoms with van der Waals surface area (Å²) in [6.45, 7) is 2.14. The molecule has 8 nitrogen and oxygen atoms in total. The maximum atomic E-state index is 12.5. The van der Waals surface area contributed by atoms with Crippen molar-refractivity contribution >= 4 is 18.0 Å². The molecule has 0 spiro atoms. The number of carbonyl (C=O) groups is 3. The van der Waals surface area contributed by atoms with Crippen molar-refractivity contribution in [3.05, 3.63) is 59.7 Å². The van der Waals surface area contributed by atoms with E-state index in [1.165, 1.54) is 0 Å². The van der Waals surface area contributed by atoms with Gasteiger partial charge in [0.2, 0.25) is 5.91 Å². The molecule has 4 rings (SSSR count). The molecule has 2 unspecified atom stereocenters. The Hall–Kier alpha value is -3.39. The average Bonchev–Trinajstić information content (AvgIpc) is 3.34. The number of alkyl carbamates (subject to hydrolysis) is 1. The first-order valence-electron chi connectivity index (χ1n) is 10.7. The lowest BCUT2D eigenvalue weighted by atomic mass is 9.98. The molecule has 0 bridgehead atoms. The van der Waals surface area contributed by atoms with Gasteiger partial charge in [0.25, 0.3) is 0 Å². The maximum absolute atomic E-state index is 12.5. The topological polar surface area (TPSA) is 114 Å². The first kappa shape index (κ1) is 21.8. The molecule has 1 aliphatic carbocycles. The molecule has 168 valence electrons. The zero-order valence-corrected chi connectivity index (χ0v) is 17.7. The van der Waals surface area contributed by atoms with Crippen LogP contribution in [0.1, 0.15) is 30.4 Å². The van der Waals surface area contributed by atoms with E-state index in [0.29, 0.717) is 0 Å². The smallest absolute Gasteiger partial charge is 0.407 e. The van der Waals surface area contributed by atoms with Gasteiger partial charge in [-0.15, -0.1) is 0 Å². The molecular weight excluding hydrogens is 412 g/mol. The molecule has 8 heteroatoms. The Kier molecular flexibility index (Phi) is 6.41. The van der Waals surface area contributed by atoms with E-state index in [-0.39, 0.29) is 38.1 Å². The van der Waals surface area contributed by atoms with Gasteiger partial charge in [-0.1, -0.05) is 48.5 Å². The highest BCUT2D eigenvalue weighted by Gasteiger charge is 2.36. The molecule has 1 saturated heterocycles. The molecule has 1 aliphatic heterocycles. The minimum absolute atomic E-state index is 0.0519. The van der Waals surface area contributed by atoms with E-state index in [9.17, 15) is 14.4 Å². The summed E-state index contributed by atoms with van der Waals surface area (Å²) in [7, 11) is 0. The van der Waals surface area contributed by atoms with Crippen LogP contribution in [0.5, 0.6) is 0 Å². The minimum Gasteiger partial charge on any atom is -0.481 e. The van der Waals surface area contributed by atoms with Gasteiger partial charge >= 0.3 is 12.1 Å². The molecule has 3 N–H and O–H groups in total. The fraction of sp³-hybridized carbons (Fsp3) is 0.375. The van der Waals surface area contributed by atoms with Crippen LogP contribution in [0, 0.1) is 5.92 Å². The summed E-state index contributed by atoms with van der Waals surface area (Å²) in [6.07, 6.45) is -0.789. The van der Waals surface area contributed by atoms with Crippen molar-refractivity contribution in [3.63, 3.8) is 0 Å². The second kappa shape index (κ2) is 9.40. The van der Waals surface area contributed by atoms with Crippen molar-refractivity contribution in [1.82, 2.24) is 10.6 Å². The number of benzene rings is 2. The minimum atomic E-state index is -0.992. The zero-order valence-electron chi connectivity index (χ0n) is 17.7. The molecule has 2 amide bonds. The van der Waals surface area contributed by atoms with Crippen molar-refractivity contribution in [2.24, 2.45) is 5.92 Å². The number of rotatable bonds is 7.